The predicted molar refractivity (Wildman–Crippen MR) is 68.4 cm³/mol. The van der Waals surface area contributed by atoms with E-state index in [9.17, 15) is 4.79 Å². The Morgan fingerprint density at radius 1 is 1.39 bits per heavy atom. The zero-order chi connectivity index (χ0) is 12.7. The van der Waals surface area contributed by atoms with Gasteiger partial charge in [-0.2, -0.15) is 4.98 Å². The van der Waals surface area contributed by atoms with Crippen LogP contribution in [0.1, 0.15) is 12.8 Å². The summed E-state index contributed by atoms with van der Waals surface area (Å²) in [4.78, 5) is 23.7. The largest absolute Gasteiger partial charge is 0.368 e. The highest BCUT2D eigenvalue weighted by molar-refractivity contribution is 6.29. The summed E-state index contributed by atoms with van der Waals surface area (Å²) >= 11 is 5.88. The van der Waals surface area contributed by atoms with E-state index < -0.39 is 0 Å². The number of carbonyl (C=O) groups excluding carboxylic acids is 1. The Labute approximate surface area is 110 Å². The van der Waals surface area contributed by atoms with Gasteiger partial charge in [-0.05, 0) is 6.42 Å². The normalized spacial score (nSPS) is 23.4. The van der Waals surface area contributed by atoms with Crippen LogP contribution in [0.5, 0.6) is 0 Å². The van der Waals surface area contributed by atoms with Crippen LogP contribution in [0.15, 0.2) is 6.07 Å². The molecule has 1 aromatic rings. The fourth-order valence-corrected chi connectivity index (χ4v) is 2.84. The van der Waals surface area contributed by atoms with E-state index in [1.807, 2.05) is 4.90 Å². The lowest BCUT2D eigenvalue weighted by Gasteiger charge is -2.38. The lowest BCUT2D eigenvalue weighted by molar-refractivity contribution is -0.129. The number of rotatable bonds is 1. The number of nitrogen functional groups attached to an aromatic ring is 1. The topological polar surface area (TPSA) is 75.3 Å². The highest BCUT2D eigenvalue weighted by Gasteiger charge is 2.35. The van der Waals surface area contributed by atoms with Gasteiger partial charge in [0, 0.05) is 38.2 Å². The maximum atomic E-state index is 11.6. The zero-order valence-electron chi connectivity index (χ0n) is 9.84. The van der Waals surface area contributed by atoms with Crippen molar-refractivity contribution in [2.24, 2.45) is 0 Å². The third-order valence-electron chi connectivity index (χ3n) is 3.52. The molecule has 1 atom stereocenters. The highest BCUT2D eigenvalue weighted by atomic mass is 35.5. The van der Waals surface area contributed by atoms with Crippen LogP contribution in [-0.2, 0) is 4.79 Å². The molecule has 3 heterocycles. The van der Waals surface area contributed by atoms with Gasteiger partial charge in [0.2, 0.25) is 11.9 Å². The molecular formula is C11H14ClN5O. The van der Waals surface area contributed by atoms with Crippen molar-refractivity contribution in [1.29, 1.82) is 0 Å². The number of halogens is 1. The van der Waals surface area contributed by atoms with Crippen LogP contribution >= 0.6 is 11.6 Å². The maximum absolute atomic E-state index is 11.6. The molecule has 3 rings (SSSR count). The molecule has 0 radical (unpaired) electrons. The first-order valence-corrected chi connectivity index (χ1v) is 6.36. The van der Waals surface area contributed by atoms with Gasteiger partial charge in [0.25, 0.3) is 0 Å². The number of carbonyl (C=O) groups is 1. The molecule has 0 spiro atoms. The van der Waals surface area contributed by atoms with Crippen molar-refractivity contribution >= 4 is 29.3 Å². The Balaban J connectivity index is 1.80. The van der Waals surface area contributed by atoms with Crippen molar-refractivity contribution < 1.29 is 4.79 Å². The summed E-state index contributed by atoms with van der Waals surface area (Å²) in [6.45, 7) is 2.29. The molecule has 2 fully saturated rings. The van der Waals surface area contributed by atoms with E-state index in [-0.39, 0.29) is 11.9 Å². The van der Waals surface area contributed by atoms with Gasteiger partial charge in [0.15, 0.2) is 0 Å². The van der Waals surface area contributed by atoms with Crippen molar-refractivity contribution in [3.05, 3.63) is 11.2 Å². The maximum Gasteiger partial charge on any atom is 0.223 e. The van der Waals surface area contributed by atoms with Gasteiger partial charge in [-0.3, -0.25) is 4.79 Å². The number of nitrogens with zero attached hydrogens (tertiary/aromatic N) is 4. The van der Waals surface area contributed by atoms with Gasteiger partial charge in [-0.15, -0.1) is 0 Å². The van der Waals surface area contributed by atoms with Crippen molar-refractivity contribution in [3.8, 4) is 0 Å². The molecule has 7 heteroatoms. The fraction of sp³-hybridized carbons (Fsp3) is 0.545. The molecule has 2 N–H and O–H groups in total. The second-order valence-electron chi connectivity index (χ2n) is 4.63. The molecule has 2 saturated heterocycles. The number of fused-ring (bicyclic) bond motifs is 1. The first-order chi connectivity index (χ1) is 8.63. The summed E-state index contributed by atoms with van der Waals surface area (Å²) < 4.78 is 0. The Hall–Kier alpha value is -1.56. The number of hydrogen-bond acceptors (Lipinski definition) is 5. The summed E-state index contributed by atoms with van der Waals surface area (Å²) in [7, 11) is 0. The second-order valence-corrected chi connectivity index (χ2v) is 5.02. The smallest absolute Gasteiger partial charge is 0.223 e. The molecule has 0 bridgehead atoms. The molecular weight excluding hydrogens is 254 g/mol. The van der Waals surface area contributed by atoms with Gasteiger partial charge >= 0.3 is 0 Å². The molecule has 18 heavy (non-hydrogen) atoms. The van der Waals surface area contributed by atoms with Crippen molar-refractivity contribution in [2.75, 3.05) is 30.3 Å². The molecule has 1 unspecified atom stereocenters. The first-order valence-electron chi connectivity index (χ1n) is 5.98. The van der Waals surface area contributed by atoms with E-state index in [2.05, 4.69) is 14.9 Å². The summed E-state index contributed by atoms with van der Waals surface area (Å²) in [5.41, 5.74) is 5.60. The molecule has 6 nitrogen and oxygen atoms in total. The highest BCUT2D eigenvalue weighted by Crippen LogP contribution is 2.26. The molecule has 0 aromatic carbocycles. The van der Waals surface area contributed by atoms with Crippen LogP contribution in [0.25, 0.3) is 0 Å². The number of amides is 1. The van der Waals surface area contributed by atoms with E-state index in [1.165, 1.54) is 0 Å². The van der Waals surface area contributed by atoms with Crippen LogP contribution in [0.4, 0.5) is 11.8 Å². The minimum Gasteiger partial charge on any atom is -0.368 e. The van der Waals surface area contributed by atoms with E-state index in [0.717, 1.165) is 31.9 Å². The molecule has 96 valence electrons. The van der Waals surface area contributed by atoms with Gasteiger partial charge < -0.3 is 15.5 Å². The molecule has 2 aliphatic rings. The van der Waals surface area contributed by atoms with Gasteiger partial charge in [-0.25, -0.2) is 4.98 Å². The summed E-state index contributed by atoms with van der Waals surface area (Å²) in [5.74, 6) is 1.19. The van der Waals surface area contributed by atoms with E-state index in [4.69, 9.17) is 17.3 Å². The second kappa shape index (κ2) is 4.28. The van der Waals surface area contributed by atoms with Crippen molar-refractivity contribution in [1.82, 2.24) is 14.9 Å². The van der Waals surface area contributed by atoms with Gasteiger partial charge in [0.05, 0.1) is 0 Å². The average Bonchev–Trinajstić information content (AvgIpc) is 2.69. The lowest BCUT2D eigenvalue weighted by Crippen LogP contribution is -2.51. The average molecular weight is 268 g/mol. The van der Waals surface area contributed by atoms with Crippen molar-refractivity contribution in [2.45, 2.75) is 18.9 Å². The van der Waals surface area contributed by atoms with Crippen LogP contribution in [0.2, 0.25) is 5.15 Å². The van der Waals surface area contributed by atoms with Gasteiger partial charge in [-0.1, -0.05) is 11.6 Å². The summed E-state index contributed by atoms with van der Waals surface area (Å²) in [6, 6.07) is 2.01. The third kappa shape index (κ3) is 1.96. The lowest BCUT2D eigenvalue weighted by atomic mass is 10.1. The predicted octanol–water partition coefficient (Wildman–Crippen LogP) is 0.523. The number of anilines is 2. The van der Waals surface area contributed by atoms with Crippen LogP contribution < -0.4 is 10.6 Å². The van der Waals surface area contributed by atoms with Crippen LogP contribution in [0, 0.1) is 0 Å². The molecule has 0 aliphatic carbocycles. The Bertz CT molecular complexity index is 474. The molecule has 1 amide bonds. The fourth-order valence-electron chi connectivity index (χ4n) is 2.66. The molecule has 2 aliphatic heterocycles. The quantitative estimate of drug-likeness (QED) is 0.751. The van der Waals surface area contributed by atoms with Gasteiger partial charge in [0.1, 0.15) is 11.0 Å². The Kier molecular flexibility index (Phi) is 2.74. The number of piperazine rings is 1. The summed E-state index contributed by atoms with van der Waals surface area (Å²) in [5, 5.41) is 0.349. The molecule has 1 aromatic heterocycles. The number of hydrogen-bond donors (Lipinski definition) is 1. The SMILES string of the molecule is Nc1nc(Cl)cc(N2CCN3C(=O)CCC3C2)n1. The Morgan fingerprint density at radius 3 is 3.00 bits per heavy atom. The number of nitrogens with two attached hydrogens (primary N) is 1. The Morgan fingerprint density at radius 2 is 2.22 bits per heavy atom. The number of aromatic nitrogens is 2. The minimum atomic E-state index is 0.183. The van der Waals surface area contributed by atoms with E-state index in [0.29, 0.717) is 17.6 Å². The molecule has 0 saturated carbocycles. The summed E-state index contributed by atoms with van der Waals surface area (Å²) in [6.07, 6.45) is 1.58. The standard InChI is InChI=1S/C11H14ClN5O/c12-8-5-9(15-11(13)14-8)16-3-4-17-7(6-16)1-2-10(17)18/h5,7H,1-4,6H2,(H2,13,14,15). The van der Waals surface area contributed by atoms with Crippen molar-refractivity contribution in [3.63, 3.8) is 0 Å². The monoisotopic (exact) mass is 267 g/mol. The minimum absolute atomic E-state index is 0.183. The van der Waals surface area contributed by atoms with Crippen LogP contribution in [0.3, 0.4) is 0 Å². The van der Waals surface area contributed by atoms with E-state index in [1.54, 1.807) is 6.07 Å². The zero-order valence-corrected chi connectivity index (χ0v) is 10.6. The van der Waals surface area contributed by atoms with Crippen LogP contribution in [-0.4, -0.2) is 46.5 Å². The first kappa shape index (κ1) is 11.5. The third-order valence-corrected chi connectivity index (χ3v) is 3.71. The van der Waals surface area contributed by atoms with E-state index >= 15 is 0 Å².